The van der Waals surface area contributed by atoms with Crippen LogP contribution in [0.25, 0.3) is 0 Å². The minimum atomic E-state index is 0.278. The van der Waals surface area contributed by atoms with Gasteiger partial charge in [0, 0.05) is 50.9 Å². The second kappa shape index (κ2) is 7.63. The number of carbonyl (C=O) groups excluding carboxylic acids is 1. The normalized spacial score (nSPS) is 20.3. The fourth-order valence-corrected chi connectivity index (χ4v) is 3.54. The summed E-state index contributed by atoms with van der Waals surface area (Å²) in [5, 5.41) is 3.12. The van der Waals surface area contributed by atoms with E-state index in [1.54, 1.807) is 0 Å². The van der Waals surface area contributed by atoms with E-state index in [1.165, 1.54) is 18.5 Å². The topological polar surface area (TPSA) is 35.6 Å². The summed E-state index contributed by atoms with van der Waals surface area (Å²) in [6.07, 6.45) is 4.61. The van der Waals surface area contributed by atoms with Gasteiger partial charge in [-0.1, -0.05) is 31.0 Å². The lowest BCUT2D eigenvalue weighted by molar-refractivity contribution is -0.124. The van der Waals surface area contributed by atoms with Gasteiger partial charge in [-0.15, -0.1) is 0 Å². The number of anilines is 1. The van der Waals surface area contributed by atoms with Gasteiger partial charge in [0.15, 0.2) is 0 Å². The molecule has 22 heavy (non-hydrogen) atoms. The van der Waals surface area contributed by atoms with Crippen molar-refractivity contribution < 1.29 is 4.79 Å². The standard InChI is InChI=1S/C18H27N3O/c22-18(16-6-4-5-7-16)19-10-11-20-12-14-21(15-13-20)17-8-2-1-3-9-17/h1-3,8-9,16H,4-7,10-15H2,(H,19,22). The first kappa shape index (κ1) is 15.3. The number of amides is 1. The minimum absolute atomic E-state index is 0.278. The van der Waals surface area contributed by atoms with Crippen molar-refractivity contribution in [3.63, 3.8) is 0 Å². The van der Waals surface area contributed by atoms with Gasteiger partial charge in [0.25, 0.3) is 0 Å². The Morgan fingerprint density at radius 3 is 2.41 bits per heavy atom. The van der Waals surface area contributed by atoms with Crippen LogP contribution in [0.4, 0.5) is 5.69 Å². The molecular weight excluding hydrogens is 274 g/mol. The van der Waals surface area contributed by atoms with E-state index < -0.39 is 0 Å². The van der Waals surface area contributed by atoms with Gasteiger partial charge in [0.05, 0.1) is 0 Å². The van der Waals surface area contributed by atoms with Gasteiger partial charge in [-0.05, 0) is 25.0 Å². The Balaban J connectivity index is 1.35. The molecule has 0 aromatic heterocycles. The molecule has 0 atom stereocenters. The molecule has 1 amide bonds. The van der Waals surface area contributed by atoms with E-state index in [9.17, 15) is 4.79 Å². The lowest BCUT2D eigenvalue weighted by atomic mass is 10.1. The highest BCUT2D eigenvalue weighted by molar-refractivity contribution is 5.78. The van der Waals surface area contributed by atoms with E-state index in [1.807, 2.05) is 0 Å². The van der Waals surface area contributed by atoms with Gasteiger partial charge < -0.3 is 10.2 Å². The Hall–Kier alpha value is -1.55. The zero-order chi connectivity index (χ0) is 15.2. The van der Waals surface area contributed by atoms with Gasteiger partial charge >= 0.3 is 0 Å². The Kier molecular flexibility index (Phi) is 5.33. The monoisotopic (exact) mass is 301 g/mol. The molecule has 3 rings (SSSR count). The number of nitrogens with one attached hydrogen (secondary N) is 1. The lowest BCUT2D eigenvalue weighted by Gasteiger charge is -2.36. The second-order valence-corrected chi connectivity index (χ2v) is 6.44. The quantitative estimate of drug-likeness (QED) is 0.905. The zero-order valence-corrected chi connectivity index (χ0v) is 13.3. The van der Waals surface area contributed by atoms with Gasteiger partial charge in [0.1, 0.15) is 0 Å². The summed E-state index contributed by atoms with van der Waals surface area (Å²) >= 11 is 0. The summed E-state index contributed by atoms with van der Waals surface area (Å²) in [6, 6.07) is 10.6. The third-order valence-electron chi connectivity index (χ3n) is 4.95. The van der Waals surface area contributed by atoms with Crippen LogP contribution in [0.15, 0.2) is 30.3 Å². The molecule has 1 saturated carbocycles. The van der Waals surface area contributed by atoms with E-state index in [-0.39, 0.29) is 11.8 Å². The Morgan fingerprint density at radius 2 is 1.73 bits per heavy atom. The van der Waals surface area contributed by atoms with Crippen molar-refractivity contribution in [2.24, 2.45) is 5.92 Å². The Morgan fingerprint density at radius 1 is 1.05 bits per heavy atom. The van der Waals surface area contributed by atoms with Crippen molar-refractivity contribution in [3.8, 4) is 0 Å². The molecule has 1 N–H and O–H groups in total. The summed E-state index contributed by atoms with van der Waals surface area (Å²) in [6.45, 7) is 6.06. The summed E-state index contributed by atoms with van der Waals surface area (Å²) in [4.78, 5) is 16.9. The maximum atomic E-state index is 12.0. The van der Waals surface area contributed by atoms with Crippen molar-refractivity contribution in [2.75, 3.05) is 44.2 Å². The van der Waals surface area contributed by atoms with Crippen LogP contribution in [0.1, 0.15) is 25.7 Å². The summed E-state index contributed by atoms with van der Waals surface area (Å²) in [7, 11) is 0. The number of carbonyl (C=O) groups is 1. The average Bonchev–Trinajstić information content (AvgIpc) is 3.11. The summed E-state index contributed by atoms with van der Waals surface area (Å²) in [5.74, 6) is 0.565. The Bertz CT molecular complexity index is 462. The third kappa shape index (κ3) is 4.01. The Labute approximate surface area is 133 Å². The largest absolute Gasteiger partial charge is 0.369 e. The fraction of sp³-hybridized carbons (Fsp3) is 0.611. The molecule has 0 bridgehead atoms. The molecule has 1 aromatic rings. The van der Waals surface area contributed by atoms with Crippen LogP contribution in [-0.2, 0) is 4.79 Å². The molecule has 0 unspecified atom stereocenters. The molecule has 1 aliphatic heterocycles. The van der Waals surface area contributed by atoms with Crippen molar-refractivity contribution in [1.29, 1.82) is 0 Å². The number of hydrogen-bond donors (Lipinski definition) is 1. The van der Waals surface area contributed by atoms with E-state index >= 15 is 0 Å². The first-order valence-corrected chi connectivity index (χ1v) is 8.63. The number of nitrogens with zero attached hydrogens (tertiary/aromatic N) is 2. The van der Waals surface area contributed by atoms with Gasteiger partial charge in [-0.3, -0.25) is 9.69 Å². The molecule has 2 fully saturated rings. The molecule has 120 valence electrons. The molecule has 1 aromatic carbocycles. The van der Waals surface area contributed by atoms with Crippen molar-refractivity contribution in [2.45, 2.75) is 25.7 Å². The molecular formula is C18H27N3O. The van der Waals surface area contributed by atoms with Crippen LogP contribution >= 0.6 is 0 Å². The number of hydrogen-bond acceptors (Lipinski definition) is 3. The maximum Gasteiger partial charge on any atom is 0.223 e. The molecule has 1 saturated heterocycles. The smallest absolute Gasteiger partial charge is 0.223 e. The predicted molar refractivity (Wildman–Crippen MR) is 90.1 cm³/mol. The number of benzene rings is 1. The molecule has 0 spiro atoms. The first-order valence-electron chi connectivity index (χ1n) is 8.63. The molecule has 0 radical (unpaired) electrons. The molecule has 1 aliphatic carbocycles. The average molecular weight is 301 g/mol. The van der Waals surface area contributed by atoms with E-state index in [0.717, 1.165) is 52.1 Å². The predicted octanol–water partition coefficient (Wildman–Crippen LogP) is 2.11. The van der Waals surface area contributed by atoms with Crippen LogP contribution < -0.4 is 10.2 Å². The van der Waals surface area contributed by atoms with Crippen molar-refractivity contribution in [3.05, 3.63) is 30.3 Å². The fourth-order valence-electron chi connectivity index (χ4n) is 3.54. The summed E-state index contributed by atoms with van der Waals surface area (Å²) in [5.41, 5.74) is 1.32. The zero-order valence-electron chi connectivity index (χ0n) is 13.3. The van der Waals surface area contributed by atoms with Crippen molar-refractivity contribution >= 4 is 11.6 Å². The summed E-state index contributed by atoms with van der Waals surface area (Å²) < 4.78 is 0. The van der Waals surface area contributed by atoms with E-state index in [2.05, 4.69) is 45.4 Å². The first-order chi connectivity index (χ1) is 10.8. The van der Waals surface area contributed by atoms with Gasteiger partial charge in [0.2, 0.25) is 5.91 Å². The van der Waals surface area contributed by atoms with E-state index in [4.69, 9.17) is 0 Å². The lowest BCUT2D eigenvalue weighted by Crippen LogP contribution is -2.48. The van der Waals surface area contributed by atoms with Crippen LogP contribution in [-0.4, -0.2) is 50.1 Å². The molecule has 4 heteroatoms. The highest BCUT2D eigenvalue weighted by Crippen LogP contribution is 2.24. The van der Waals surface area contributed by atoms with Crippen molar-refractivity contribution in [1.82, 2.24) is 10.2 Å². The van der Waals surface area contributed by atoms with E-state index in [0.29, 0.717) is 0 Å². The number of rotatable bonds is 5. The van der Waals surface area contributed by atoms with Gasteiger partial charge in [-0.25, -0.2) is 0 Å². The van der Waals surface area contributed by atoms with Crippen LogP contribution in [0, 0.1) is 5.92 Å². The second-order valence-electron chi connectivity index (χ2n) is 6.44. The number of para-hydroxylation sites is 1. The van der Waals surface area contributed by atoms with Crippen LogP contribution in [0.2, 0.25) is 0 Å². The molecule has 2 aliphatic rings. The highest BCUT2D eigenvalue weighted by atomic mass is 16.1. The highest BCUT2D eigenvalue weighted by Gasteiger charge is 2.22. The number of piperazine rings is 1. The molecule has 4 nitrogen and oxygen atoms in total. The SMILES string of the molecule is O=C(NCCN1CCN(c2ccccc2)CC1)C1CCCC1. The van der Waals surface area contributed by atoms with Crippen LogP contribution in [0.5, 0.6) is 0 Å². The maximum absolute atomic E-state index is 12.0. The van der Waals surface area contributed by atoms with Gasteiger partial charge in [-0.2, -0.15) is 0 Å². The third-order valence-corrected chi connectivity index (χ3v) is 4.95. The minimum Gasteiger partial charge on any atom is -0.369 e. The molecule has 1 heterocycles. The van der Waals surface area contributed by atoms with Crippen LogP contribution in [0.3, 0.4) is 0 Å².